The van der Waals surface area contributed by atoms with Crippen molar-refractivity contribution in [1.29, 1.82) is 0 Å². The number of para-hydroxylation sites is 1. The molecule has 0 saturated carbocycles. The Hall–Kier alpha value is -1.81. The lowest BCUT2D eigenvalue weighted by atomic mass is 10.0. The van der Waals surface area contributed by atoms with Crippen molar-refractivity contribution in [2.75, 3.05) is 13.6 Å². The number of likely N-dealkylation sites (N-methyl/N-ethyl adjacent to an activating group) is 1. The third-order valence-corrected chi connectivity index (χ3v) is 3.99. The Morgan fingerprint density at radius 3 is 3.05 bits per heavy atom. The third-order valence-electron chi connectivity index (χ3n) is 3.99. The number of furan rings is 1. The summed E-state index contributed by atoms with van der Waals surface area (Å²) >= 11 is 0. The molecule has 1 aromatic heterocycles. The Morgan fingerprint density at radius 2 is 2.25 bits per heavy atom. The van der Waals surface area contributed by atoms with Gasteiger partial charge in [0.2, 0.25) is 5.91 Å². The Labute approximate surface area is 118 Å². The molecule has 2 heterocycles. The lowest BCUT2D eigenvalue weighted by Crippen LogP contribution is -2.47. The number of hydrogen-bond acceptors (Lipinski definition) is 3. The molecule has 20 heavy (non-hydrogen) atoms. The highest BCUT2D eigenvalue weighted by atomic mass is 16.3. The summed E-state index contributed by atoms with van der Waals surface area (Å²) in [6.07, 6.45) is 3.26. The van der Waals surface area contributed by atoms with E-state index in [1.165, 1.54) is 6.42 Å². The second-order valence-electron chi connectivity index (χ2n) is 5.46. The summed E-state index contributed by atoms with van der Waals surface area (Å²) in [4.78, 5) is 14.3. The topological polar surface area (TPSA) is 45.5 Å². The number of carbonyl (C=O) groups is 1. The molecule has 0 aliphatic carbocycles. The molecule has 1 aliphatic rings. The molecule has 1 fully saturated rings. The molecule has 1 amide bonds. The maximum absolute atomic E-state index is 12.2. The van der Waals surface area contributed by atoms with Crippen LogP contribution < -0.4 is 5.32 Å². The van der Waals surface area contributed by atoms with Crippen molar-refractivity contribution in [3.8, 4) is 0 Å². The third kappa shape index (κ3) is 2.70. The molecule has 1 atom stereocenters. The maximum Gasteiger partial charge on any atom is 0.237 e. The van der Waals surface area contributed by atoms with Crippen molar-refractivity contribution in [2.24, 2.45) is 0 Å². The van der Waals surface area contributed by atoms with Crippen LogP contribution in [0.2, 0.25) is 0 Å². The molecule has 3 rings (SSSR count). The van der Waals surface area contributed by atoms with Crippen molar-refractivity contribution < 1.29 is 9.21 Å². The summed E-state index contributed by atoms with van der Waals surface area (Å²) in [5.74, 6) is 0.908. The van der Waals surface area contributed by atoms with Gasteiger partial charge in [0, 0.05) is 5.39 Å². The number of nitrogens with one attached hydrogen (secondary N) is 1. The van der Waals surface area contributed by atoms with Crippen molar-refractivity contribution >= 4 is 16.9 Å². The summed E-state index contributed by atoms with van der Waals surface area (Å²) in [5, 5.41) is 4.06. The minimum Gasteiger partial charge on any atom is -0.459 e. The fraction of sp³-hybridized carbons (Fsp3) is 0.438. The number of hydrogen-bond donors (Lipinski definition) is 1. The van der Waals surface area contributed by atoms with E-state index in [-0.39, 0.29) is 11.9 Å². The first-order chi connectivity index (χ1) is 9.74. The van der Waals surface area contributed by atoms with Gasteiger partial charge in [-0.3, -0.25) is 9.69 Å². The number of rotatable bonds is 3. The molecular weight excluding hydrogens is 252 g/mol. The van der Waals surface area contributed by atoms with Crippen molar-refractivity contribution in [2.45, 2.75) is 31.8 Å². The molecule has 0 bridgehead atoms. The predicted molar refractivity (Wildman–Crippen MR) is 78.3 cm³/mol. The second kappa shape index (κ2) is 5.67. The zero-order valence-electron chi connectivity index (χ0n) is 11.8. The van der Waals surface area contributed by atoms with E-state index in [1.54, 1.807) is 0 Å². The Balaban J connectivity index is 1.62. The van der Waals surface area contributed by atoms with Crippen LogP contribution in [-0.2, 0) is 11.3 Å². The van der Waals surface area contributed by atoms with E-state index in [9.17, 15) is 4.79 Å². The van der Waals surface area contributed by atoms with Gasteiger partial charge in [-0.05, 0) is 38.6 Å². The minimum absolute atomic E-state index is 0.00753. The van der Waals surface area contributed by atoms with Gasteiger partial charge in [-0.1, -0.05) is 24.6 Å². The highest BCUT2D eigenvalue weighted by Crippen LogP contribution is 2.19. The quantitative estimate of drug-likeness (QED) is 0.934. The minimum atomic E-state index is 0.00753. The first-order valence-electron chi connectivity index (χ1n) is 7.19. The van der Waals surface area contributed by atoms with Gasteiger partial charge < -0.3 is 9.73 Å². The number of carbonyl (C=O) groups excluding carboxylic acids is 1. The first-order valence-corrected chi connectivity index (χ1v) is 7.19. The number of piperidine rings is 1. The fourth-order valence-corrected chi connectivity index (χ4v) is 2.82. The molecule has 0 radical (unpaired) electrons. The lowest BCUT2D eigenvalue weighted by molar-refractivity contribution is -0.127. The van der Waals surface area contributed by atoms with Gasteiger partial charge in [0.05, 0.1) is 12.6 Å². The van der Waals surface area contributed by atoms with Gasteiger partial charge in [0.1, 0.15) is 11.3 Å². The maximum atomic E-state index is 12.2. The van der Waals surface area contributed by atoms with E-state index in [4.69, 9.17) is 4.42 Å². The zero-order valence-corrected chi connectivity index (χ0v) is 11.8. The van der Waals surface area contributed by atoms with Gasteiger partial charge in [-0.15, -0.1) is 0 Å². The largest absolute Gasteiger partial charge is 0.459 e. The zero-order chi connectivity index (χ0) is 13.9. The van der Waals surface area contributed by atoms with E-state index in [2.05, 4.69) is 10.2 Å². The predicted octanol–water partition coefficient (Wildman–Crippen LogP) is 2.53. The highest BCUT2D eigenvalue weighted by molar-refractivity contribution is 5.82. The number of benzene rings is 1. The Morgan fingerprint density at radius 1 is 1.40 bits per heavy atom. The Kier molecular flexibility index (Phi) is 3.74. The molecule has 1 aromatic carbocycles. The van der Waals surface area contributed by atoms with E-state index in [0.717, 1.165) is 36.1 Å². The van der Waals surface area contributed by atoms with Crippen LogP contribution in [0.3, 0.4) is 0 Å². The fourth-order valence-electron chi connectivity index (χ4n) is 2.82. The molecule has 1 aliphatic heterocycles. The van der Waals surface area contributed by atoms with Gasteiger partial charge >= 0.3 is 0 Å². The summed E-state index contributed by atoms with van der Waals surface area (Å²) in [6, 6.07) is 9.88. The van der Waals surface area contributed by atoms with E-state index >= 15 is 0 Å². The SMILES string of the molecule is CN1CCCC[C@H]1C(=O)NCc1cc2ccccc2o1. The molecular formula is C16H20N2O2. The van der Waals surface area contributed by atoms with Gasteiger partial charge in [-0.25, -0.2) is 0 Å². The molecule has 106 valence electrons. The number of amides is 1. The average molecular weight is 272 g/mol. The molecule has 0 unspecified atom stereocenters. The first kappa shape index (κ1) is 13.2. The standard InChI is InChI=1S/C16H20N2O2/c1-18-9-5-4-7-14(18)16(19)17-11-13-10-12-6-2-3-8-15(12)20-13/h2-3,6,8,10,14H,4-5,7,9,11H2,1H3,(H,17,19)/t14-/m0/s1. The van der Waals surface area contributed by atoms with Crippen LogP contribution in [0, 0.1) is 0 Å². The van der Waals surface area contributed by atoms with Gasteiger partial charge in [-0.2, -0.15) is 0 Å². The van der Waals surface area contributed by atoms with E-state index < -0.39 is 0 Å². The summed E-state index contributed by atoms with van der Waals surface area (Å²) in [7, 11) is 2.02. The highest BCUT2D eigenvalue weighted by Gasteiger charge is 2.25. The molecule has 1 N–H and O–H groups in total. The smallest absolute Gasteiger partial charge is 0.237 e. The van der Waals surface area contributed by atoms with Crippen LogP contribution in [0.4, 0.5) is 0 Å². The normalized spacial score (nSPS) is 20.1. The number of nitrogens with zero attached hydrogens (tertiary/aromatic N) is 1. The van der Waals surface area contributed by atoms with Crippen LogP contribution in [0.5, 0.6) is 0 Å². The molecule has 2 aromatic rings. The second-order valence-corrected chi connectivity index (χ2v) is 5.46. The van der Waals surface area contributed by atoms with Gasteiger partial charge in [0.25, 0.3) is 0 Å². The van der Waals surface area contributed by atoms with Crippen LogP contribution in [0.1, 0.15) is 25.0 Å². The number of likely N-dealkylation sites (tertiary alicyclic amines) is 1. The van der Waals surface area contributed by atoms with Gasteiger partial charge in [0.15, 0.2) is 0 Å². The summed E-state index contributed by atoms with van der Waals surface area (Å²) in [5.41, 5.74) is 0.867. The molecule has 1 saturated heterocycles. The molecule has 4 nitrogen and oxygen atoms in total. The van der Waals surface area contributed by atoms with Crippen LogP contribution in [0.25, 0.3) is 11.0 Å². The van der Waals surface area contributed by atoms with Crippen LogP contribution in [0.15, 0.2) is 34.7 Å². The van der Waals surface area contributed by atoms with E-state index in [1.807, 2.05) is 37.4 Å². The van der Waals surface area contributed by atoms with Crippen LogP contribution in [-0.4, -0.2) is 30.4 Å². The van der Waals surface area contributed by atoms with E-state index in [0.29, 0.717) is 6.54 Å². The van der Waals surface area contributed by atoms with Crippen LogP contribution >= 0.6 is 0 Å². The van der Waals surface area contributed by atoms with Crippen molar-refractivity contribution in [3.05, 3.63) is 36.1 Å². The average Bonchev–Trinajstić information content (AvgIpc) is 2.88. The number of fused-ring (bicyclic) bond motifs is 1. The van der Waals surface area contributed by atoms with Crippen molar-refractivity contribution in [3.63, 3.8) is 0 Å². The summed E-state index contributed by atoms with van der Waals surface area (Å²) < 4.78 is 5.70. The Bertz CT molecular complexity index is 572. The monoisotopic (exact) mass is 272 g/mol. The lowest BCUT2D eigenvalue weighted by Gasteiger charge is -2.31. The molecule has 4 heteroatoms. The van der Waals surface area contributed by atoms with Crippen molar-refractivity contribution in [1.82, 2.24) is 10.2 Å². The summed E-state index contributed by atoms with van der Waals surface area (Å²) in [6.45, 7) is 1.46. The molecule has 0 spiro atoms.